The zero-order chi connectivity index (χ0) is 15.6. The zero-order valence-corrected chi connectivity index (χ0v) is 14.1. The molecule has 4 heteroatoms. The quantitative estimate of drug-likeness (QED) is 0.394. The standard InChI is InChI=1S/C16H23NO2Si/c1-16(2,15(18)19-3)13-7-8-14(17)12(11-13)9-10-20(4,5)6/h7-8,11H,17H2,1-6H3. The molecule has 0 aromatic heterocycles. The summed E-state index contributed by atoms with van der Waals surface area (Å²) in [5, 5.41) is 0. The topological polar surface area (TPSA) is 52.3 Å². The summed E-state index contributed by atoms with van der Waals surface area (Å²) in [7, 11) is -0.0671. The van der Waals surface area contributed by atoms with Gasteiger partial charge in [0.1, 0.15) is 8.07 Å². The van der Waals surface area contributed by atoms with E-state index < -0.39 is 13.5 Å². The monoisotopic (exact) mass is 289 g/mol. The van der Waals surface area contributed by atoms with Crippen LogP contribution in [0.2, 0.25) is 19.6 Å². The third-order valence-corrected chi connectivity index (χ3v) is 3.92. The highest BCUT2D eigenvalue weighted by molar-refractivity contribution is 6.83. The molecule has 3 nitrogen and oxygen atoms in total. The molecular weight excluding hydrogens is 266 g/mol. The molecule has 0 amide bonds. The fraction of sp³-hybridized carbons (Fsp3) is 0.438. The largest absolute Gasteiger partial charge is 0.468 e. The van der Waals surface area contributed by atoms with Crippen molar-refractivity contribution in [2.45, 2.75) is 38.9 Å². The van der Waals surface area contributed by atoms with E-state index in [9.17, 15) is 4.79 Å². The lowest BCUT2D eigenvalue weighted by atomic mass is 9.84. The highest BCUT2D eigenvalue weighted by Crippen LogP contribution is 2.27. The minimum absolute atomic E-state index is 0.272. The molecule has 20 heavy (non-hydrogen) atoms. The molecule has 108 valence electrons. The van der Waals surface area contributed by atoms with Crippen LogP contribution in [0, 0.1) is 11.5 Å². The van der Waals surface area contributed by atoms with Crippen LogP contribution in [0.25, 0.3) is 0 Å². The van der Waals surface area contributed by atoms with Gasteiger partial charge < -0.3 is 10.5 Å². The normalized spacial score (nSPS) is 11.5. The van der Waals surface area contributed by atoms with Crippen molar-refractivity contribution < 1.29 is 9.53 Å². The van der Waals surface area contributed by atoms with Crippen molar-refractivity contribution in [3.8, 4) is 11.5 Å². The van der Waals surface area contributed by atoms with Crippen LogP contribution in [0.15, 0.2) is 18.2 Å². The molecule has 1 aromatic carbocycles. The number of nitrogen functional groups attached to an aromatic ring is 1. The SMILES string of the molecule is COC(=O)C(C)(C)c1ccc(N)c(C#C[Si](C)(C)C)c1. The number of carbonyl (C=O) groups excluding carboxylic acids is 1. The summed E-state index contributed by atoms with van der Waals surface area (Å²) in [4.78, 5) is 11.9. The third-order valence-electron chi connectivity index (χ3n) is 3.04. The van der Waals surface area contributed by atoms with E-state index in [0.29, 0.717) is 5.69 Å². The van der Waals surface area contributed by atoms with E-state index in [4.69, 9.17) is 10.5 Å². The maximum absolute atomic E-state index is 11.9. The fourth-order valence-corrected chi connectivity index (χ4v) is 2.19. The van der Waals surface area contributed by atoms with Crippen LogP contribution in [-0.2, 0) is 14.9 Å². The number of benzene rings is 1. The summed E-state index contributed by atoms with van der Waals surface area (Å²) < 4.78 is 4.85. The first kappa shape index (κ1) is 16.3. The average molecular weight is 289 g/mol. The number of esters is 1. The second-order valence-corrected chi connectivity index (χ2v) is 11.2. The Morgan fingerprint density at radius 3 is 2.40 bits per heavy atom. The van der Waals surface area contributed by atoms with Gasteiger partial charge in [-0.2, -0.15) is 0 Å². The third kappa shape index (κ3) is 3.88. The predicted molar refractivity (Wildman–Crippen MR) is 86.1 cm³/mol. The average Bonchev–Trinajstić information content (AvgIpc) is 2.35. The van der Waals surface area contributed by atoms with Crippen molar-refractivity contribution in [3.63, 3.8) is 0 Å². The number of hydrogen-bond donors (Lipinski definition) is 1. The van der Waals surface area contributed by atoms with Gasteiger partial charge in [0.2, 0.25) is 0 Å². The molecule has 1 aromatic rings. The molecule has 0 spiro atoms. The van der Waals surface area contributed by atoms with Gasteiger partial charge in [-0.25, -0.2) is 0 Å². The van der Waals surface area contributed by atoms with Gasteiger partial charge in [-0.1, -0.05) is 31.6 Å². The molecule has 0 unspecified atom stereocenters. The van der Waals surface area contributed by atoms with Crippen molar-refractivity contribution in [1.82, 2.24) is 0 Å². The van der Waals surface area contributed by atoms with Crippen molar-refractivity contribution >= 4 is 19.7 Å². The lowest BCUT2D eigenvalue weighted by molar-refractivity contribution is -0.146. The number of hydrogen-bond acceptors (Lipinski definition) is 3. The molecule has 0 atom stereocenters. The summed E-state index contributed by atoms with van der Waals surface area (Å²) in [6.07, 6.45) is 0. The van der Waals surface area contributed by atoms with Crippen molar-refractivity contribution in [2.75, 3.05) is 12.8 Å². The van der Waals surface area contributed by atoms with Crippen molar-refractivity contribution in [2.24, 2.45) is 0 Å². The highest BCUT2D eigenvalue weighted by atomic mass is 28.3. The molecule has 0 bridgehead atoms. The Kier molecular flexibility index (Phi) is 4.67. The minimum Gasteiger partial charge on any atom is -0.468 e. The van der Waals surface area contributed by atoms with Gasteiger partial charge in [-0.05, 0) is 31.5 Å². The first-order valence-electron chi connectivity index (χ1n) is 6.59. The van der Waals surface area contributed by atoms with Crippen LogP contribution in [0.1, 0.15) is 25.0 Å². The number of ether oxygens (including phenoxy) is 1. The van der Waals surface area contributed by atoms with E-state index in [0.717, 1.165) is 11.1 Å². The summed E-state index contributed by atoms with van der Waals surface area (Å²) in [6.45, 7) is 10.2. The Labute approximate surface area is 122 Å². The van der Waals surface area contributed by atoms with Crippen LogP contribution >= 0.6 is 0 Å². The molecule has 0 aliphatic carbocycles. The van der Waals surface area contributed by atoms with Gasteiger partial charge in [-0.15, -0.1) is 5.54 Å². The Balaban J connectivity index is 3.27. The van der Waals surface area contributed by atoms with E-state index in [2.05, 4.69) is 31.1 Å². The Morgan fingerprint density at radius 1 is 1.30 bits per heavy atom. The Hall–Kier alpha value is -1.73. The maximum Gasteiger partial charge on any atom is 0.315 e. The maximum atomic E-state index is 11.9. The molecular formula is C16H23NO2Si. The van der Waals surface area contributed by atoms with Gasteiger partial charge in [0.05, 0.1) is 12.5 Å². The number of anilines is 1. The number of rotatable bonds is 2. The number of carbonyl (C=O) groups is 1. The second kappa shape index (κ2) is 5.72. The first-order chi connectivity index (χ1) is 9.08. The summed E-state index contributed by atoms with van der Waals surface area (Å²) in [6, 6.07) is 5.54. The van der Waals surface area contributed by atoms with E-state index in [1.54, 1.807) is 6.07 Å². The summed E-state index contributed by atoms with van der Waals surface area (Å²) >= 11 is 0. The van der Waals surface area contributed by atoms with Crippen LogP contribution in [0.4, 0.5) is 5.69 Å². The molecule has 0 heterocycles. The Morgan fingerprint density at radius 2 is 1.90 bits per heavy atom. The molecule has 0 aliphatic rings. The van der Waals surface area contributed by atoms with Gasteiger partial charge in [-0.3, -0.25) is 4.79 Å². The van der Waals surface area contributed by atoms with Crippen LogP contribution < -0.4 is 5.73 Å². The van der Waals surface area contributed by atoms with Gasteiger partial charge in [0.25, 0.3) is 0 Å². The summed E-state index contributed by atoms with van der Waals surface area (Å²) in [5.41, 5.74) is 10.8. The van der Waals surface area contributed by atoms with E-state index in [-0.39, 0.29) is 5.97 Å². The molecule has 0 saturated carbocycles. The predicted octanol–water partition coefficient (Wildman–Crippen LogP) is 2.95. The minimum atomic E-state index is -1.46. The van der Waals surface area contributed by atoms with Crippen LogP contribution in [0.5, 0.6) is 0 Å². The van der Waals surface area contributed by atoms with E-state index in [1.807, 2.05) is 26.0 Å². The van der Waals surface area contributed by atoms with Crippen molar-refractivity contribution in [3.05, 3.63) is 29.3 Å². The van der Waals surface area contributed by atoms with Crippen LogP contribution in [-0.4, -0.2) is 21.2 Å². The summed E-state index contributed by atoms with van der Waals surface area (Å²) in [5.74, 6) is 2.89. The second-order valence-electron chi connectivity index (χ2n) is 6.42. The molecule has 2 N–H and O–H groups in total. The molecule has 1 rings (SSSR count). The highest BCUT2D eigenvalue weighted by Gasteiger charge is 2.31. The number of methoxy groups -OCH3 is 1. The van der Waals surface area contributed by atoms with Gasteiger partial charge in [0, 0.05) is 11.3 Å². The molecule has 0 radical (unpaired) electrons. The number of nitrogens with two attached hydrogens (primary N) is 1. The molecule has 0 saturated heterocycles. The Bertz CT molecular complexity index is 574. The zero-order valence-electron chi connectivity index (χ0n) is 13.1. The first-order valence-corrected chi connectivity index (χ1v) is 10.1. The molecule has 0 aliphatic heterocycles. The lowest BCUT2D eigenvalue weighted by Gasteiger charge is -2.22. The van der Waals surface area contributed by atoms with E-state index in [1.165, 1.54) is 7.11 Å². The molecule has 0 fully saturated rings. The van der Waals surface area contributed by atoms with Crippen molar-refractivity contribution in [1.29, 1.82) is 0 Å². The lowest BCUT2D eigenvalue weighted by Crippen LogP contribution is -2.30. The van der Waals surface area contributed by atoms with Gasteiger partial charge >= 0.3 is 5.97 Å². The fourth-order valence-electron chi connectivity index (χ4n) is 1.68. The smallest absolute Gasteiger partial charge is 0.315 e. The van der Waals surface area contributed by atoms with E-state index >= 15 is 0 Å². The van der Waals surface area contributed by atoms with Gasteiger partial charge in [0.15, 0.2) is 0 Å². The van der Waals surface area contributed by atoms with Crippen LogP contribution in [0.3, 0.4) is 0 Å².